The van der Waals surface area contributed by atoms with Gasteiger partial charge in [-0.25, -0.2) is 14.4 Å². The summed E-state index contributed by atoms with van der Waals surface area (Å²) in [7, 11) is 0. The van der Waals surface area contributed by atoms with Gasteiger partial charge in [0.1, 0.15) is 6.07 Å². The average Bonchev–Trinajstić information content (AvgIpc) is 3.28. The molecule has 11 heteroatoms. The van der Waals surface area contributed by atoms with E-state index in [9.17, 15) is 19.6 Å². The second-order valence-corrected chi connectivity index (χ2v) is 8.60. The van der Waals surface area contributed by atoms with Crippen LogP contribution in [-0.4, -0.2) is 76.3 Å². The third-order valence-corrected chi connectivity index (χ3v) is 5.51. The minimum atomic E-state index is -2.27. The van der Waals surface area contributed by atoms with Gasteiger partial charge in [-0.3, -0.25) is 0 Å². The first-order valence-corrected chi connectivity index (χ1v) is 11.7. The number of nitrogens with zero attached hydrogens (tertiary/aromatic N) is 2. The van der Waals surface area contributed by atoms with Crippen LogP contribution >= 0.6 is 0 Å². The van der Waals surface area contributed by atoms with E-state index in [4.69, 9.17) is 30.9 Å². The molecule has 0 aromatic heterocycles. The highest BCUT2D eigenvalue weighted by Crippen LogP contribution is 2.33. The smallest absolute Gasteiger partial charge is 0.338 e. The molecule has 0 amide bonds. The molecule has 37 heavy (non-hydrogen) atoms. The molecule has 198 valence electrons. The van der Waals surface area contributed by atoms with Crippen molar-refractivity contribution in [3.05, 3.63) is 64.7 Å². The van der Waals surface area contributed by atoms with Gasteiger partial charge in [-0.15, -0.1) is 0 Å². The van der Waals surface area contributed by atoms with E-state index in [-0.39, 0.29) is 12.0 Å². The number of hydrogen-bond acceptors (Lipinski definition) is 9. The van der Waals surface area contributed by atoms with Crippen molar-refractivity contribution in [3.8, 4) is 6.07 Å². The largest absolute Gasteiger partial charge is 0.479 e. The molecule has 0 bridgehead atoms. The summed E-state index contributed by atoms with van der Waals surface area (Å²) in [6.07, 6.45) is -2.10. The maximum Gasteiger partial charge on any atom is 0.338 e. The van der Waals surface area contributed by atoms with Crippen molar-refractivity contribution in [3.63, 3.8) is 0 Å². The van der Waals surface area contributed by atoms with Crippen LogP contribution in [0.15, 0.2) is 42.5 Å². The van der Waals surface area contributed by atoms with Crippen LogP contribution in [0.5, 0.6) is 0 Å². The van der Waals surface area contributed by atoms with Crippen molar-refractivity contribution in [2.45, 2.75) is 44.4 Å². The van der Waals surface area contributed by atoms with Crippen LogP contribution in [0.25, 0.3) is 0 Å². The number of hydrogen-bond donors (Lipinski definition) is 5. The minimum absolute atomic E-state index is 0.0754. The van der Waals surface area contributed by atoms with Crippen molar-refractivity contribution < 1.29 is 39.5 Å². The van der Waals surface area contributed by atoms with Crippen LogP contribution in [0.1, 0.15) is 40.4 Å². The summed E-state index contributed by atoms with van der Waals surface area (Å²) in [5.41, 5.74) is 10.5. The number of esters is 1. The van der Waals surface area contributed by atoms with Crippen LogP contribution in [0.4, 0.5) is 5.69 Å². The lowest BCUT2D eigenvalue weighted by Crippen LogP contribution is -2.39. The zero-order valence-corrected chi connectivity index (χ0v) is 20.4. The molecule has 3 atom stereocenters. The Bertz CT molecular complexity index is 1110. The molecule has 0 unspecified atom stereocenters. The molecule has 0 aliphatic carbocycles. The van der Waals surface area contributed by atoms with E-state index < -0.39 is 24.1 Å². The second kappa shape index (κ2) is 13.9. The first-order chi connectivity index (χ1) is 17.5. The summed E-state index contributed by atoms with van der Waals surface area (Å²) >= 11 is 0. The third kappa shape index (κ3) is 8.57. The molecule has 2 aromatic carbocycles. The highest BCUT2D eigenvalue weighted by Gasteiger charge is 2.29. The van der Waals surface area contributed by atoms with Gasteiger partial charge in [0, 0.05) is 19.1 Å². The zero-order chi connectivity index (χ0) is 27.5. The van der Waals surface area contributed by atoms with Crippen LogP contribution in [0.2, 0.25) is 0 Å². The highest BCUT2D eigenvalue weighted by atomic mass is 16.5. The summed E-state index contributed by atoms with van der Waals surface area (Å²) in [5, 5.41) is 42.1. The minimum Gasteiger partial charge on any atom is -0.479 e. The zero-order valence-electron chi connectivity index (χ0n) is 20.4. The molecular formula is C26H31N3O8. The fourth-order valence-corrected chi connectivity index (χ4v) is 3.84. The van der Waals surface area contributed by atoms with Crippen molar-refractivity contribution in [1.29, 1.82) is 5.26 Å². The third-order valence-electron chi connectivity index (χ3n) is 5.51. The van der Waals surface area contributed by atoms with Gasteiger partial charge in [0.25, 0.3) is 0 Å². The number of aliphatic hydroxyl groups excluding tert-OH is 2. The Hall–Kier alpha value is -3.98. The van der Waals surface area contributed by atoms with Gasteiger partial charge in [-0.2, -0.15) is 5.26 Å². The molecule has 0 radical (unpaired) electrons. The number of carbonyl (C=O) groups is 3. The fourth-order valence-electron chi connectivity index (χ4n) is 3.84. The predicted octanol–water partition coefficient (Wildman–Crippen LogP) is 0.935. The van der Waals surface area contributed by atoms with Crippen LogP contribution in [0, 0.1) is 11.3 Å². The highest BCUT2D eigenvalue weighted by molar-refractivity contribution is 5.89. The number of benzene rings is 2. The lowest BCUT2D eigenvalue weighted by atomic mass is 9.99. The monoisotopic (exact) mass is 513 g/mol. The number of rotatable bonds is 10. The van der Waals surface area contributed by atoms with Crippen LogP contribution < -0.4 is 10.6 Å². The van der Waals surface area contributed by atoms with E-state index >= 15 is 0 Å². The van der Waals surface area contributed by atoms with E-state index in [1.54, 1.807) is 12.1 Å². The summed E-state index contributed by atoms with van der Waals surface area (Å²) in [5.74, 6) is -3.83. The molecule has 0 fully saturated rings. The molecule has 2 aromatic rings. The van der Waals surface area contributed by atoms with E-state index in [1.165, 1.54) is 5.56 Å². The molecule has 0 spiro atoms. The predicted molar refractivity (Wildman–Crippen MR) is 133 cm³/mol. The maximum absolute atomic E-state index is 12.0. The fraction of sp³-hybridized carbons (Fsp3) is 0.385. The number of carboxylic acid groups (broad SMARTS) is 2. The maximum atomic E-state index is 12.0. The summed E-state index contributed by atoms with van der Waals surface area (Å²) in [6.45, 7) is 3.99. The molecule has 1 aliphatic rings. The van der Waals surface area contributed by atoms with Crippen LogP contribution in [0.3, 0.4) is 0 Å². The van der Waals surface area contributed by atoms with Gasteiger partial charge in [-0.05, 0) is 55.5 Å². The number of nitrogens with two attached hydrogens (primary N) is 1. The van der Waals surface area contributed by atoms with Gasteiger partial charge >= 0.3 is 17.9 Å². The SMILES string of the molecule is C[C@@H](N)Cc1cc(C#N)c2c(c1)CCN2CCCOC(=O)c1ccccc1.O=C(O)[C@@H](O)[C@H](O)C(=O)O. The number of ether oxygens (including phenoxy) is 1. The van der Waals surface area contributed by atoms with E-state index in [0.29, 0.717) is 17.7 Å². The Morgan fingerprint density at radius 2 is 1.73 bits per heavy atom. The van der Waals surface area contributed by atoms with Crippen molar-refractivity contribution in [2.75, 3.05) is 24.6 Å². The summed E-state index contributed by atoms with van der Waals surface area (Å²) < 4.78 is 5.35. The van der Waals surface area contributed by atoms with Gasteiger partial charge in [0.15, 0.2) is 12.2 Å². The van der Waals surface area contributed by atoms with Crippen LogP contribution in [-0.2, 0) is 27.2 Å². The van der Waals surface area contributed by atoms with Gasteiger partial charge in [-0.1, -0.05) is 24.3 Å². The average molecular weight is 514 g/mol. The number of fused-ring (bicyclic) bond motifs is 1. The number of anilines is 1. The Kier molecular flexibility index (Phi) is 11.0. The molecular weight excluding hydrogens is 482 g/mol. The van der Waals surface area contributed by atoms with Gasteiger partial charge in [0.2, 0.25) is 0 Å². The Labute approximate surface area is 214 Å². The normalized spacial score (nSPS) is 14.3. The summed E-state index contributed by atoms with van der Waals surface area (Å²) in [4.78, 5) is 33.7. The molecule has 0 saturated heterocycles. The molecule has 6 N–H and O–H groups in total. The molecule has 1 aliphatic heterocycles. The van der Waals surface area contributed by atoms with Gasteiger partial charge in [0.05, 0.1) is 23.4 Å². The topological polar surface area (TPSA) is 194 Å². The first kappa shape index (κ1) is 29.3. The molecule has 0 saturated carbocycles. The van der Waals surface area contributed by atoms with E-state index in [0.717, 1.165) is 43.6 Å². The Morgan fingerprint density at radius 3 is 2.27 bits per heavy atom. The Morgan fingerprint density at radius 1 is 1.11 bits per heavy atom. The molecule has 1 heterocycles. The first-order valence-electron chi connectivity index (χ1n) is 11.7. The number of nitriles is 1. The molecule has 3 rings (SSSR count). The van der Waals surface area contributed by atoms with Crippen molar-refractivity contribution in [1.82, 2.24) is 0 Å². The quantitative estimate of drug-likeness (QED) is 0.224. The number of aliphatic carboxylic acids is 2. The molecule has 11 nitrogen and oxygen atoms in total. The number of carbonyl (C=O) groups excluding carboxylic acids is 1. The lowest BCUT2D eigenvalue weighted by molar-refractivity contribution is -0.165. The number of carboxylic acids is 2. The van der Waals surface area contributed by atoms with Gasteiger partial charge < -0.3 is 35.8 Å². The Balaban J connectivity index is 0.000000410. The van der Waals surface area contributed by atoms with Crippen molar-refractivity contribution in [2.24, 2.45) is 5.73 Å². The standard InChI is InChI=1S/C22H25N3O2.C4H6O6/c1-16(24)12-17-13-19-8-10-25(21(19)20(14-17)15-23)9-5-11-27-22(26)18-6-3-2-4-7-18;5-1(3(7)8)2(6)4(9)10/h2-4,6-7,13-14,16H,5,8-12,24H2,1H3;1-2,5-6H,(H,7,8)(H,9,10)/t16-;1-,2-/m10/s1. The second-order valence-electron chi connectivity index (χ2n) is 8.60. The number of aliphatic hydroxyl groups is 2. The van der Waals surface area contributed by atoms with E-state index in [1.807, 2.05) is 31.2 Å². The lowest BCUT2D eigenvalue weighted by Gasteiger charge is -2.21. The summed E-state index contributed by atoms with van der Waals surface area (Å²) in [6, 6.07) is 15.5. The van der Waals surface area contributed by atoms with Crippen molar-refractivity contribution >= 4 is 23.6 Å². The van der Waals surface area contributed by atoms with E-state index in [2.05, 4.69) is 17.0 Å².